The Hall–Kier alpha value is -1.60. The number of nitrogens with one attached hydrogen (secondary N) is 2. The SMILES string of the molecule is Cc1ccc(C(=O)NCC(C)(C)NS(C)(=O)=O)c(N)c1. The summed E-state index contributed by atoms with van der Waals surface area (Å²) in [6.45, 7) is 5.42. The van der Waals surface area contributed by atoms with Gasteiger partial charge in [0.15, 0.2) is 0 Å². The number of hydrogen-bond donors (Lipinski definition) is 3. The van der Waals surface area contributed by atoms with Crippen molar-refractivity contribution in [3.05, 3.63) is 29.3 Å². The first kappa shape index (κ1) is 16.5. The van der Waals surface area contributed by atoms with E-state index in [2.05, 4.69) is 10.0 Å². The van der Waals surface area contributed by atoms with E-state index in [-0.39, 0.29) is 12.5 Å². The molecule has 0 fully saturated rings. The molecule has 0 aromatic heterocycles. The number of nitrogens with two attached hydrogens (primary N) is 1. The van der Waals surface area contributed by atoms with E-state index in [1.807, 2.05) is 6.92 Å². The largest absolute Gasteiger partial charge is 0.398 e. The second kappa shape index (κ2) is 5.80. The third-order valence-corrected chi connectivity index (χ3v) is 3.53. The number of sulfonamides is 1. The molecule has 112 valence electrons. The molecule has 0 aliphatic rings. The normalized spacial score (nSPS) is 12.2. The van der Waals surface area contributed by atoms with Crippen molar-refractivity contribution in [2.24, 2.45) is 0 Å². The van der Waals surface area contributed by atoms with E-state index < -0.39 is 15.6 Å². The van der Waals surface area contributed by atoms with Crippen LogP contribution in [0.1, 0.15) is 29.8 Å². The van der Waals surface area contributed by atoms with Crippen LogP contribution < -0.4 is 15.8 Å². The molecule has 0 spiro atoms. The lowest BCUT2D eigenvalue weighted by Gasteiger charge is -2.25. The predicted octanol–water partition coefficient (Wildman–Crippen LogP) is 0.635. The fourth-order valence-corrected chi connectivity index (χ4v) is 2.90. The molecule has 0 aliphatic carbocycles. The van der Waals surface area contributed by atoms with E-state index in [1.54, 1.807) is 32.0 Å². The van der Waals surface area contributed by atoms with Gasteiger partial charge in [0.05, 0.1) is 11.8 Å². The highest BCUT2D eigenvalue weighted by atomic mass is 32.2. The Morgan fingerprint density at radius 2 is 1.95 bits per heavy atom. The molecule has 0 radical (unpaired) electrons. The number of carbonyl (C=O) groups excluding carboxylic acids is 1. The first-order valence-corrected chi connectivity index (χ1v) is 8.03. The van der Waals surface area contributed by atoms with Gasteiger partial charge in [-0.1, -0.05) is 6.07 Å². The number of aryl methyl sites for hydroxylation is 1. The summed E-state index contributed by atoms with van der Waals surface area (Å²) in [4.78, 5) is 12.0. The molecule has 0 atom stereocenters. The average Bonchev–Trinajstić information content (AvgIpc) is 2.22. The smallest absolute Gasteiger partial charge is 0.253 e. The minimum atomic E-state index is -3.33. The molecule has 20 heavy (non-hydrogen) atoms. The van der Waals surface area contributed by atoms with Gasteiger partial charge in [0.2, 0.25) is 10.0 Å². The van der Waals surface area contributed by atoms with Gasteiger partial charge in [-0.15, -0.1) is 0 Å². The second-order valence-electron chi connectivity index (χ2n) is 5.53. The highest BCUT2D eigenvalue weighted by Gasteiger charge is 2.23. The fraction of sp³-hybridized carbons (Fsp3) is 0.462. The summed E-state index contributed by atoms with van der Waals surface area (Å²) in [6, 6.07) is 5.16. The molecule has 0 saturated carbocycles. The van der Waals surface area contributed by atoms with Gasteiger partial charge >= 0.3 is 0 Å². The van der Waals surface area contributed by atoms with Crippen LogP contribution in [0, 0.1) is 6.92 Å². The minimum Gasteiger partial charge on any atom is -0.398 e. The number of hydrogen-bond acceptors (Lipinski definition) is 4. The van der Waals surface area contributed by atoms with E-state index in [9.17, 15) is 13.2 Å². The molecule has 1 aromatic carbocycles. The lowest BCUT2D eigenvalue weighted by atomic mass is 10.1. The zero-order valence-electron chi connectivity index (χ0n) is 12.1. The van der Waals surface area contributed by atoms with Gasteiger partial charge in [0.25, 0.3) is 5.91 Å². The Balaban J connectivity index is 2.72. The van der Waals surface area contributed by atoms with Gasteiger partial charge in [-0.2, -0.15) is 0 Å². The monoisotopic (exact) mass is 299 g/mol. The van der Waals surface area contributed by atoms with Crippen LogP contribution in [0.25, 0.3) is 0 Å². The molecule has 7 heteroatoms. The molecule has 0 unspecified atom stereocenters. The minimum absolute atomic E-state index is 0.159. The molecule has 4 N–H and O–H groups in total. The Morgan fingerprint density at radius 3 is 2.45 bits per heavy atom. The second-order valence-corrected chi connectivity index (χ2v) is 7.28. The maximum Gasteiger partial charge on any atom is 0.253 e. The molecule has 0 aliphatic heterocycles. The lowest BCUT2D eigenvalue weighted by molar-refractivity contribution is 0.0945. The fourth-order valence-electron chi connectivity index (χ4n) is 1.82. The molecule has 0 bridgehead atoms. The van der Waals surface area contributed by atoms with Crippen molar-refractivity contribution in [2.45, 2.75) is 26.3 Å². The summed E-state index contributed by atoms with van der Waals surface area (Å²) in [7, 11) is -3.33. The maximum atomic E-state index is 12.0. The van der Waals surface area contributed by atoms with Crippen LogP contribution in [-0.2, 0) is 10.0 Å². The molecule has 1 rings (SSSR count). The Labute approximate surface area is 119 Å². The maximum absolute atomic E-state index is 12.0. The molecular formula is C13H21N3O3S. The van der Waals surface area contributed by atoms with Gasteiger partial charge in [-0.05, 0) is 38.5 Å². The van der Waals surface area contributed by atoms with Crippen molar-refractivity contribution in [2.75, 3.05) is 18.5 Å². The molecule has 6 nitrogen and oxygen atoms in total. The van der Waals surface area contributed by atoms with Crippen molar-refractivity contribution in [3.8, 4) is 0 Å². The van der Waals surface area contributed by atoms with Crippen molar-refractivity contribution in [1.82, 2.24) is 10.0 Å². The molecular weight excluding hydrogens is 278 g/mol. The Kier molecular flexibility index (Phi) is 4.77. The van der Waals surface area contributed by atoms with E-state index in [4.69, 9.17) is 5.73 Å². The van der Waals surface area contributed by atoms with Crippen molar-refractivity contribution in [1.29, 1.82) is 0 Å². The van der Waals surface area contributed by atoms with Crippen molar-refractivity contribution < 1.29 is 13.2 Å². The zero-order valence-corrected chi connectivity index (χ0v) is 13.0. The summed E-state index contributed by atoms with van der Waals surface area (Å²) in [5.41, 5.74) is 6.77. The van der Waals surface area contributed by atoms with Crippen LogP contribution in [0.2, 0.25) is 0 Å². The molecule has 1 aromatic rings. The number of anilines is 1. The standard InChI is InChI=1S/C13H21N3O3S/c1-9-5-6-10(11(14)7-9)12(17)15-8-13(2,3)16-20(4,18)19/h5-7,16H,8,14H2,1-4H3,(H,15,17). The number of rotatable bonds is 5. The number of nitrogen functional groups attached to an aromatic ring is 1. The summed E-state index contributed by atoms with van der Waals surface area (Å²) < 4.78 is 24.9. The van der Waals surface area contributed by atoms with Gasteiger partial charge in [0, 0.05) is 17.8 Å². The van der Waals surface area contributed by atoms with Gasteiger partial charge in [-0.25, -0.2) is 13.1 Å². The molecule has 0 saturated heterocycles. The van der Waals surface area contributed by atoms with E-state index >= 15 is 0 Å². The lowest BCUT2D eigenvalue weighted by Crippen LogP contribution is -2.51. The number of benzene rings is 1. The number of carbonyl (C=O) groups is 1. The highest BCUT2D eigenvalue weighted by Crippen LogP contribution is 2.14. The summed E-state index contributed by atoms with van der Waals surface area (Å²) in [5, 5.41) is 2.68. The van der Waals surface area contributed by atoms with Crippen molar-refractivity contribution in [3.63, 3.8) is 0 Å². The topological polar surface area (TPSA) is 101 Å². The zero-order chi connectivity index (χ0) is 15.6. The Bertz CT molecular complexity index is 609. The highest BCUT2D eigenvalue weighted by molar-refractivity contribution is 7.88. The van der Waals surface area contributed by atoms with Crippen molar-refractivity contribution >= 4 is 21.6 Å². The first-order valence-electron chi connectivity index (χ1n) is 6.13. The summed E-state index contributed by atoms with van der Waals surface area (Å²) >= 11 is 0. The average molecular weight is 299 g/mol. The summed E-state index contributed by atoms with van der Waals surface area (Å²) in [5.74, 6) is -0.328. The quantitative estimate of drug-likeness (QED) is 0.694. The van der Waals surface area contributed by atoms with E-state index in [0.29, 0.717) is 11.3 Å². The van der Waals surface area contributed by atoms with Gasteiger partial charge in [-0.3, -0.25) is 4.79 Å². The van der Waals surface area contributed by atoms with Gasteiger partial charge in [0.1, 0.15) is 0 Å². The molecule has 0 heterocycles. The molecule has 1 amide bonds. The van der Waals surface area contributed by atoms with Crippen LogP contribution in [0.3, 0.4) is 0 Å². The third kappa shape index (κ3) is 5.18. The van der Waals surface area contributed by atoms with E-state index in [1.165, 1.54) is 0 Å². The van der Waals surface area contributed by atoms with Crippen LogP contribution in [0.15, 0.2) is 18.2 Å². The van der Waals surface area contributed by atoms with Crippen LogP contribution in [0.4, 0.5) is 5.69 Å². The van der Waals surface area contributed by atoms with Crippen LogP contribution in [-0.4, -0.2) is 32.7 Å². The van der Waals surface area contributed by atoms with E-state index in [0.717, 1.165) is 11.8 Å². The predicted molar refractivity (Wildman–Crippen MR) is 80.0 cm³/mol. The first-order chi connectivity index (χ1) is 9.00. The van der Waals surface area contributed by atoms with Crippen LogP contribution in [0.5, 0.6) is 0 Å². The number of amides is 1. The Morgan fingerprint density at radius 1 is 1.35 bits per heavy atom. The van der Waals surface area contributed by atoms with Gasteiger partial charge < -0.3 is 11.1 Å². The van der Waals surface area contributed by atoms with Crippen LogP contribution >= 0.6 is 0 Å². The third-order valence-electron chi connectivity index (χ3n) is 2.60. The summed E-state index contributed by atoms with van der Waals surface area (Å²) in [6.07, 6.45) is 1.08.